The molecule has 11 heteroatoms. The van der Waals surface area contributed by atoms with Crippen molar-refractivity contribution in [1.29, 1.82) is 5.26 Å². The lowest BCUT2D eigenvalue weighted by Crippen LogP contribution is -2.40. The van der Waals surface area contributed by atoms with Crippen molar-refractivity contribution in [3.05, 3.63) is 102 Å². The highest BCUT2D eigenvalue weighted by Crippen LogP contribution is 2.43. The zero-order valence-corrected chi connectivity index (χ0v) is 21.4. The van der Waals surface area contributed by atoms with E-state index < -0.39 is 24.0 Å². The number of ether oxygens (including phenoxy) is 3. The number of aliphatic hydroxyl groups is 1. The zero-order chi connectivity index (χ0) is 27.9. The highest BCUT2D eigenvalue weighted by atomic mass is 16.5. The molecule has 3 aromatic rings. The van der Waals surface area contributed by atoms with E-state index in [2.05, 4.69) is 11.1 Å². The summed E-state index contributed by atoms with van der Waals surface area (Å²) >= 11 is 0. The molecule has 2 atom stereocenters. The van der Waals surface area contributed by atoms with Gasteiger partial charge >= 0.3 is 11.9 Å². The maximum absolute atomic E-state index is 13.1. The third-order valence-corrected chi connectivity index (χ3v) is 6.13. The van der Waals surface area contributed by atoms with Crippen molar-refractivity contribution < 1.29 is 28.9 Å². The number of rotatable bonds is 9. The first-order valence-corrected chi connectivity index (χ1v) is 11.9. The summed E-state index contributed by atoms with van der Waals surface area (Å²) < 4.78 is 17.5. The molecule has 0 fully saturated rings. The number of nitriles is 1. The molecule has 4 rings (SSSR count). The van der Waals surface area contributed by atoms with Crippen LogP contribution in [0.2, 0.25) is 0 Å². The fraction of sp³-hybridized carbons (Fsp3) is 0.214. The number of benzene rings is 2. The molecule has 39 heavy (non-hydrogen) atoms. The highest BCUT2D eigenvalue weighted by Gasteiger charge is 2.42. The lowest BCUT2D eigenvalue weighted by molar-refractivity contribution is -0.139. The molecule has 11 nitrogen and oxygen atoms in total. The van der Waals surface area contributed by atoms with Gasteiger partial charge in [0.05, 0.1) is 50.2 Å². The Labute approximate surface area is 224 Å². The Bertz CT molecular complexity index is 1430. The SMILES string of the molecule is COC(=O)C1=C(C(=O)OC)N(c2ccc(OCC(O)Cn3ccnc3)cc2)C(N)=C(C#N)C1c1ccccc1. The number of nitrogens with two attached hydrogens (primary N) is 1. The second-order valence-electron chi connectivity index (χ2n) is 8.55. The van der Waals surface area contributed by atoms with E-state index in [-0.39, 0.29) is 29.3 Å². The van der Waals surface area contributed by atoms with Crippen LogP contribution in [0.4, 0.5) is 5.69 Å². The molecule has 0 saturated heterocycles. The van der Waals surface area contributed by atoms with Crippen molar-refractivity contribution in [3.63, 3.8) is 0 Å². The first kappa shape index (κ1) is 27.0. The molecule has 0 bridgehead atoms. The Morgan fingerprint density at radius 2 is 1.79 bits per heavy atom. The number of hydrogen-bond donors (Lipinski definition) is 2. The summed E-state index contributed by atoms with van der Waals surface area (Å²) in [6.45, 7) is 0.344. The number of allylic oxidation sites excluding steroid dienone is 1. The molecule has 1 aromatic heterocycles. The summed E-state index contributed by atoms with van der Waals surface area (Å²) in [6.07, 6.45) is 4.18. The van der Waals surface area contributed by atoms with Gasteiger partial charge in [-0.25, -0.2) is 14.6 Å². The van der Waals surface area contributed by atoms with Gasteiger partial charge in [0.1, 0.15) is 30.0 Å². The van der Waals surface area contributed by atoms with Gasteiger partial charge in [-0.05, 0) is 29.8 Å². The lowest BCUT2D eigenvalue weighted by atomic mass is 9.81. The number of carbonyl (C=O) groups excluding carboxylic acids is 2. The van der Waals surface area contributed by atoms with Gasteiger partial charge in [0, 0.05) is 18.1 Å². The molecule has 1 aliphatic heterocycles. The number of carbonyl (C=O) groups is 2. The van der Waals surface area contributed by atoms with Gasteiger partial charge in [-0.15, -0.1) is 0 Å². The van der Waals surface area contributed by atoms with Gasteiger partial charge in [0.25, 0.3) is 0 Å². The van der Waals surface area contributed by atoms with E-state index in [1.165, 1.54) is 19.1 Å². The first-order chi connectivity index (χ1) is 18.9. The predicted molar refractivity (Wildman–Crippen MR) is 140 cm³/mol. The van der Waals surface area contributed by atoms with Crippen molar-refractivity contribution in [2.24, 2.45) is 5.73 Å². The molecule has 2 heterocycles. The molecule has 200 valence electrons. The smallest absolute Gasteiger partial charge is 0.355 e. The van der Waals surface area contributed by atoms with E-state index >= 15 is 0 Å². The van der Waals surface area contributed by atoms with Gasteiger partial charge in [0.15, 0.2) is 0 Å². The number of aromatic nitrogens is 2. The maximum Gasteiger partial charge on any atom is 0.355 e. The van der Waals surface area contributed by atoms with Crippen LogP contribution < -0.4 is 15.4 Å². The van der Waals surface area contributed by atoms with Crippen LogP contribution in [-0.2, 0) is 25.6 Å². The van der Waals surface area contributed by atoms with Crippen LogP contribution in [-0.4, -0.2) is 53.5 Å². The number of nitrogens with zero attached hydrogens (tertiary/aromatic N) is 4. The Morgan fingerprint density at radius 3 is 2.38 bits per heavy atom. The molecule has 0 saturated carbocycles. The number of esters is 2. The number of imidazole rings is 1. The van der Waals surface area contributed by atoms with Crippen LogP contribution in [0.3, 0.4) is 0 Å². The zero-order valence-electron chi connectivity index (χ0n) is 21.4. The molecule has 3 N–H and O–H groups in total. The van der Waals surface area contributed by atoms with Gasteiger partial charge in [-0.1, -0.05) is 30.3 Å². The van der Waals surface area contributed by atoms with Crippen molar-refractivity contribution in [3.8, 4) is 11.8 Å². The molecule has 2 unspecified atom stereocenters. The second-order valence-corrected chi connectivity index (χ2v) is 8.55. The van der Waals surface area contributed by atoms with Gasteiger partial charge in [0.2, 0.25) is 0 Å². The molecule has 0 spiro atoms. The highest BCUT2D eigenvalue weighted by molar-refractivity contribution is 6.06. The van der Waals surface area contributed by atoms with Crippen molar-refractivity contribution in [2.45, 2.75) is 18.6 Å². The summed E-state index contributed by atoms with van der Waals surface area (Å²) in [5, 5.41) is 20.4. The lowest BCUT2D eigenvalue weighted by Gasteiger charge is -2.35. The van der Waals surface area contributed by atoms with Crippen LogP contribution in [0.25, 0.3) is 0 Å². The minimum absolute atomic E-state index is 0.0282. The molecule has 0 radical (unpaired) electrons. The summed E-state index contributed by atoms with van der Waals surface area (Å²) in [6, 6.07) is 17.3. The fourth-order valence-corrected chi connectivity index (χ4v) is 4.36. The van der Waals surface area contributed by atoms with E-state index in [0.29, 0.717) is 23.5 Å². The molecular weight excluding hydrogens is 502 g/mol. The number of anilines is 1. The normalized spacial score (nSPS) is 15.9. The third kappa shape index (κ3) is 5.61. The Kier molecular flexibility index (Phi) is 8.28. The quantitative estimate of drug-likeness (QED) is 0.395. The van der Waals surface area contributed by atoms with E-state index in [9.17, 15) is 20.0 Å². The molecule has 0 amide bonds. The summed E-state index contributed by atoms with van der Waals surface area (Å²) in [5.74, 6) is -2.18. The van der Waals surface area contributed by atoms with Gasteiger partial charge in [-0.3, -0.25) is 4.90 Å². The van der Waals surface area contributed by atoms with Crippen molar-refractivity contribution in [1.82, 2.24) is 9.55 Å². The van der Waals surface area contributed by atoms with Crippen LogP contribution >= 0.6 is 0 Å². The van der Waals surface area contributed by atoms with E-state index in [1.807, 2.05) is 0 Å². The largest absolute Gasteiger partial charge is 0.491 e. The fourth-order valence-electron chi connectivity index (χ4n) is 4.36. The average Bonchev–Trinajstić information content (AvgIpc) is 3.48. The van der Waals surface area contributed by atoms with Crippen LogP contribution in [0.1, 0.15) is 11.5 Å². The van der Waals surface area contributed by atoms with Gasteiger partial charge < -0.3 is 29.6 Å². The summed E-state index contributed by atoms with van der Waals surface area (Å²) in [4.78, 5) is 31.5. The molecular formula is C28H27N5O6. The average molecular weight is 530 g/mol. The van der Waals surface area contributed by atoms with Gasteiger partial charge in [-0.2, -0.15) is 5.26 Å². The summed E-state index contributed by atoms with van der Waals surface area (Å²) in [5.41, 5.74) is 7.27. The topological polar surface area (TPSA) is 153 Å². The Balaban J connectivity index is 1.71. The number of hydrogen-bond acceptors (Lipinski definition) is 10. The van der Waals surface area contributed by atoms with Crippen LogP contribution in [0.5, 0.6) is 5.75 Å². The monoisotopic (exact) mass is 529 g/mol. The minimum atomic E-state index is -0.950. The summed E-state index contributed by atoms with van der Waals surface area (Å²) in [7, 11) is 2.38. The predicted octanol–water partition coefficient (Wildman–Crippen LogP) is 2.22. The molecule has 0 aliphatic carbocycles. The Morgan fingerprint density at radius 1 is 1.10 bits per heavy atom. The standard InChI is InChI=1S/C28H27N5O6/c1-37-27(35)24-23(18-6-4-3-5-7-18)22(14-29)26(30)33(25(24)28(36)38-2)19-8-10-21(11-9-19)39-16-20(34)15-32-13-12-31-17-32/h3-13,17,20,23,34H,15-16,30H2,1-2H3. The molecule has 1 aliphatic rings. The number of aliphatic hydroxyl groups excluding tert-OH is 1. The van der Waals surface area contributed by atoms with E-state index in [1.54, 1.807) is 77.9 Å². The minimum Gasteiger partial charge on any atom is -0.491 e. The van der Waals surface area contributed by atoms with Crippen LogP contribution in [0, 0.1) is 11.3 Å². The third-order valence-electron chi connectivity index (χ3n) is 6.13. The maximum atomic E-state index is 13.1. The van der Waals surface area contributed by atoms with Crippen molar-refractivity contribution in [2.75, 3.05) is 25.7 Å². The molecule has 2 aromatic carbocycles. The second kappa shape index (κ2) is 12.0. The van der Waals surface area contributed by atoms with Crippen molar-refractivity contribution >= 4 is 17.6 Å². The van der Waals surface area contributed by atoms with Crippen LogP contribution in [0.15, 0.2) is 96.0 Å². The first-order valence-electron chi connectivity index (χ1n) is 11.9. The van der Waals surface area contributed by atoms with E-state index in [0.717, 1.165) is 0 Å². The Hall–Kier alpha value is -5.08. The van der Waals surface area contributed by atoms with E-state index in [4.69, 9.17) is 19.9 Å². The number of methoxy groups -OCH3 is 2.